The molecule has 0 amide bonds. The Balaban J connectivity index is 1.48. The smallest absolute Gasteiger partial charge is 0.161 e. The fourth-order valence-corrected chi connectivity index (χ4v) is 3.26. The van der Waals surface area contributed by atoms with Crippen molar-refractivity contribution in [3.63, 3.8) is 0 Å². The van der Waals surface area contributed by atoms with Crippen molar-refractivity contribution in [2.45, 2.75) is 38.2 Å². The Morgan fingerprint density at radius 1 is 1.22 bits per heavy atom. The molecule has 2 aliphatic rings. The highest BCUT2D eigenvalue weighted by Crippen LogP contribution is 2.31. The third-order valence-corrected chi connectivity index (χ3v) is 4.56. The van der Waals surface area contributed by atoms with Crippen LogP contribution in [-0.4, -0.2) is 37.0 Å². The number of fused-ring (bicyclic) bond motifs is 1. The van der Waals surface area contributed by atoms with Crippen molar-refractivity contribution in [2.24, 2.45) is 5.92 Å². The quantitative estimate of drug-likeness (QED) is 0.781. The molecule has 1 heterocycles. The van der Waals surface area contributed by atoms with Crippen LogP contribution in [0.5, 0.6) is 11.5 Å². The first-order valence-electron chi connectivity index (χ1n) is 8.53. The lowest BCUT2D eigenvalue weighted by Crippen LogP contribution is -2.37. The van der Waals surface area contributed by atoms with Crippen LogP contribution in [0.15, 0.2) is 36.5 Å². The predicted octanol–water partition coefficient (Wildman–Crippen LogP) is 3.42. The van der Waals surface area contributed by atoms with E-state index in [9.17, 15) is 4.79 Å². The molecule has 0 bridgehead atoms. The van der Waals surface area contributed by atoms with Crippen molar-refractivity contribution < 1.29 is 14.3 Å². The molecule has 1 aliphatic heterocycles. The minimum Gasteiger partial charge on any atom is -0.486 e. The number of hydrogen-bond acceptors (Lipinski definition) is 4. The number of rotatable bonds is 5. The molecule has 1 aromatic rings. The molecule has 1 aromatic carbocycles. The SMILES string of the molecule is CN(/C=C/C(=O)C1CCCCC1)CC1COc2ccccc2O1. The number of ketones is 1. The van der Waals surface area contributed by atoms with E-state index in [-0.39, 0.29) is 17.8 Å². The first-order valence-corrected chi connectivity index (χ1v) is 8.53. The zero-order valence-electron chi connectivity index (χ0n) is 13.7. The molecule has 0 saturated heterocycles. The van der Waals surface area contributed by atoms with E-state index in [4.69, 9.17) is 9.47 Å². The average molecular weight is 315 g/mol. The minimum absolute atomic E-state index is 0.0238. The summed E-state index contributed by atoms with van der Waals surface area (Å²) in [6.45, 7) is 1.23. The summed E-state index contributed by atoms with van der Waals surface area (Å²) in [5, 5.41) is 0. The second kappa shape index (κ2) is 7.53. The summed E-state index contributed by atoms with van der Waals surface area (Å²) in [6, 6.07) is 7.72. The van der Waals surface area contributed by atoms with Crippen LogP contribution in [0.2, 0.25) is 0 Å². The van der Waals surface area contributed by atoms with E-state index in [0.717, 1.165) is 24.3 Å². The zero-order chi connectivity index (χ0) is 16.1. The Morgan fingerprint density at radius 2 is 1.96 bits per heavy atom. The van der Waals surface area contributed by atoms with Gasteiger partial charge in [-0.2, -0.15) is 0 Å². The number of likely N-dealkylation sites (N-methyl/N-ethyl adjacent to an activating group) is 1. The summed E-state index contributed by atoms with van der Waals surface area (Å²) >= 11 is 0. The first-order chi connectivity index (χ1) is 11.2. The van der Waals surface area contributed by atoms with Gasteiger partial charge in [-0.25, -0.2) is 0 Å². The molecule has 4 nitrogen and oxygen atoms in total. The predicted molar refractivity (Wildman–Crippen MR) is 89.7 cm³/mol. The Hall–Kier alpha value is -1.97. The van der Waals surface area contributed by atoms with Crippen LogP contribution >= 0.6 is 0 Å². The maximum Gasteiger partial charge on any atom is 0.161 e. The Bertz CT molecular complexity index is 563. The van der Waals surface area contributed by atoms with E-state index < -0.39 is 0 Å². The number of allylic oxidation sites excluding steroid dienone is 1. The average Bonchev–Trinajstić information content (AvgIpc) is 2.60. The van der Waals surface area contributed by atoms with Crippen LogP contribution in [0.3, 0.4) is 0 Å². The standard InChI is InChI=1S/C19H25NO3/c1-20(12-11-17(21)15-7-3-2-4-8-15)13-16-14-22-18-9-5-6-10-19(18)23-16/h5-6,9-12,15-16H,2-4,7-8,13-14H2,1H3/b12-11+. The molecule has 4 heteroatoms. The molecule has 3 rings (SSSR count). The van der Waals surface area contributed by atoms with E-state index in [2.05, 4.69) is 0 Å². The van der Waals surface area contributed by atoms with Gasteiger partial charge in [-0.1, -0.05) is 31.4 Å². The van der Waals surface area contributed by atoms with Crippen LogP contribution in [0.25, 0.3) is 0 Å². The van der Waals surface area contributed by atoms with Gasteiger partial charge < -0.3 is 14.4 Å². The highest BCUT2D eigenvalue weighted by molar-refractivity contribution is 5.91. The second-order valence-corrected chi connectivity index (χ2v) is 6.49. The van der Waals surface area contributed by atoms with E-state index in [1.165, 1.54) is 19.3 Å². The number of ether oxygens (including phenoxy) is 2. The summed E-state index contributed by atoms with van der Waals surface area (Å²) in [6.07, 6.45) is 9.32. The summed E-state index contributed by atoms with van der Waals surface area (Å²) in [7, 11) is 1.97. The normalized spacial score (nSPS) is 21.3. The molecule has 0 aromatic heterocycles. The van der Waals surface area contributed by atoms with Crippen molar-refractivity contribution in [3.05, 3.63) is 36.5 Å². The van der Waals surface area contributed by atoms with Crippen LogP contribution in [0.4, 0.5) is 0 Å². The lowest BCUT2D eigenvalue weighted by Gasteiger charge is -2.29. The van der Waals surface area contributed by atoms with Crippen LogP contribution in [-0.2, 0) is 4.79 Å². The Morgan fingerprint density at radius 3 is 2.74 bits per heavy atom. The highest BCUT2D eigenvalue weighted by Gasteiger charge is 2.22. The number of benzene rings is 1. The zero-order valence-corrected chi connectivity index (χ0v) is 13.7. The van der Waals surface area contributed by atoms with Crippen molar-refractivity contribution in [1.82, 2.24) is 4.90 Å². The monoisotopic (exact) mass is 315 g/mol. The fraction of sp³-hybridized carbons (Fsp3) is 0.526. The van der Waals surface area contributed by atoms with Crippen molar-refractivity contribution in [2.75, 3.05) is 20.2 Å². The minimum atomic E-state index is -0.0238. The van der Waals surface area contributed by atoms with E-state index in [0.29, 0.717) is 13.2 Å². The molecule has 0 N–H and O–H groups in total. The number of nitrogens with zero attached hydrogens (tertiary/aromatic N) is 1. The van der Waals surface area contributed by atoms with Gasteiger partial charge in [0, 0.05) is 19.2 Å². The molecule has 1 atom stereocenters. The van der Waals surface area contributed by atoms with Gasteiger partial charge in [0.05, 0.1) is 6.54 Å². The Labute approximate surface area is 138 Å². The maximum atomic E-state index is 12.2. The number of para-hydroxylation sites is 2. The van der Waals surface area contributed by atoms with E-state index in [1.54, 1.807) is 6.08 Å². The maximum absolute atomic E-state index is 12.2. The van der Waals surface area contributed by atoms with Crippen LogP contribution in [0.1, 0.15) is 32.1 Å². The van der Waals surface area contributed by atoms with Gasteiger partial charge in [-0.15, -0.1) is 0 Å². The van der Waals surface area contributed by atoms with Gasteiger partial charge in [-0.3, -0.25) is 4.79 Å². The van der Waals surface area contributed by atoms with Crippen molar-refractivity contribution >= 4 is 5.78 Å². The first kappa shape index (κ1) is 15.9. The molecule has 1 aliphatic carbocycles. The summed E-state index contributed by atoms with van der Waals surface area (Å²) in [4.78, 5) is 14.2. The lowest BCUT2D eigenvalue weighted by atomic mass is 9.86. The van der Waals surface area contributed by atoms with Crippen molar-refractivity contribution in [1.29, 1.82) is 0 Å². The van der Waals surface area contributed by atoms with E-state index in [1.807, 2.05) is 42.4 Å². The second-order valence-electron chi connectivity index (χ2n) is 6.49. The summed E-state index contributed by atoms with van der Waals surface area (Å²) in [5.74, 6) is 2.09. The van der Waals surface area contributed by atoms with Gasteiger partial charge in [0.15, 0.2) is 23.4 Å². The number of carbonyl (C=O) groups excluding carboxylic acids is 1. The van der Waals surface area contributed by atoms with Gasteiger partial charge >= 0.3 is 0 Å². The van der Waals surface area contributed by atoms with Gasteiger partial charge in [0.1, 0.15) is 6.61 Å². The molecular weight excluding hydrogens is 290 g/mol. The van der Waals surface area contributed by atoms with Crippen molar-refractivity contribution in [3.8, 4) is 11.5 Å². The topological polar surface area (TPSA) is 38.8 Å². The third-order valence-electron chi connectivity index (χ3n) is 4.56. The third kappa shape index (κ3) is 4.27. The molecule has 1 unspecified atom stereocenters. The Kier molecular flexibility index (Phi) is 5.21. The van der Waals surface area contributed by atoms with Gasteiger partial charge in [0.25, 0.3) is 0 Å². The molecule has 0 spiro atoms. The number of carbonyl (C=O) groups is 1. The largest absolute Gasteiger partial charge is 0.486 e. The molecule has 1 fully saturated rings. The fourth-order valence-electron chi connectivity index (χ4n) is 3.26. The van der Waals surface area contributed by atoms with Crippen LogP contribution in [0, 0.1) is 5.92 Å². The van der Waals surface area contributed by atoms with Crippen LogP contribution < -0.4 is 9.47 Å². The highest BCUT2D eigenvalue weighted by atomic mass is 16.6. The molecule has 1 saturated carbocycles. The molecule has 23 heavy (non-hydrogen) atoms. The number of hydrogen-bond donors (Lipinski definition) is 0. The molecular formula is C19H25NO3. The lowest BCUT2D eigenvalue weighted by molar-refractivity contribution is -0.119. The van der Waals surface area contributed by atoms with Gasteiger partial charge in [0.2, 0.25) is 0 Å². The molecule has 124 valence electrons. The molecule has 0 radical (unpaired) electrons. The van der Waals surface area contributed by atoms with Gasteiger partial charge in [-0.05, 0) is 31.1 Å². The summed E-state index contributed by atoms with van der Waals surface area (Å²) in [5.41, 5.74) is 0. The summed E-state index contributed by atoms with van der Waals surface area (Å²) < 4.78 is 11.7. The van der Waals surface area contributed by atoms with E-state index >= 15 is 0 Å².